The van der Waals surface area contributed by atoms with Crippen LogP contribution in [0.2, 0.25) is 0 Å². The predicted octanol–water partition coefficient (Wildman–Crippen LogP) is 4.01. The van der Waals surface area contributed by atoms with Gasteiger partial charge in [0.25, 0.3) is 8.05 Å². The van der Waals surface area contributed by atoms with Gasteiger partial charge in [0.2, 0.25) is 0 Å². The Bertz CT molecular complexity index is 117. The van der Waals surface area contributed by atoms with Crippen molar-refractivity contribution in [2.45, 2.75) is 77.7 Å². The zero-order chi connectivity index (χ0) is 10.9. The molecule has 0 aliphatic carbocycles. The topological polar surface area (TPSA) is 9.23 Å². The van der Waals surface area contributed by atoms with E-state index >= 15 is 0 Å². The Morgan fingerprint density at radius 3 is 1.64 bits per heavy atom. The first-order valence-electron chi connectivity index (χ1n) is 6.12. The van der Waals surface area contributed by atoms with Crippen molar-refractivity contribution in [3.05, 3.63) is 0 Å². The Morgan fingerprint density at radius 2 is 1.36 bits per heavy atom. The number of rotatable bonds is 9. The maximum atomic E-state index is 5.48. The first-order chi connectivity index (χ1) is 6.74. The van der Waals surface area contributed by atoms with Gasteiger partial charge in [-0.15, -0.1) is 0 Å². The third-order valence-corrected chi connectivity index (χ3v) is 2.93. The van der Waals surface area contributed by atoms with Crippen molar-refractivity contribution >= 4 is 8.05 Å². The fourth-order valence-corrected chi connectivity index (χ4v) is 2.01. The molecule has 0 unspecified atom stereocenters. The minimum atomic E-state index is -0.0270. The molecule has 0 bridgehead atoms. The molecule has 0 aromatic rings. The summed E-state index contributed by atoms with van der Waals surface area (Å²) in [6.45, 7) is 6.63. The van der Waals surface area contributed by atoms with Crippen molar-refractivity contribution in [1.82, 2.24) is 0 Å². The molecular formula is C12H25BO. The van der Waals surface area contributed by atoms with Gasteiger partial charge in [0, 0.05) is 5.60 Å². The summed E-state index contributed by atoms with van der Waals surface area (Å²) in [5.74, 6) is 0. The highest BCUT2D eigenvalue weighted by molar-refractivity contribution is 5.98. The van der Waals surface area contributed by atoms with Gasteiger partial charge in [-0.2, -0.15) is 0 Å². The maximum absolute atomic E-state index is 5.48. The minimum absolute atomic E-state index is 0.0270. The number of unbranched alkanes of at least 4 members (excludes halogenated alkanes) is 2. The molecule has 0 atom stereocenters. The molecule has 0 N–H and O–H groups in total. The summed E-state index contributed by atoms with van der Waals surface area (Å²) in [6.07, 6.45) is 9.39. The fraction of sp³-hybridized carbons (Fsp3) is 1.00. The minimum Gasteiger partial charge on any atom is -0.442 e. The van der Waals surface area contributed by atoms with E-state index < -0.39 is 0 Å². The van der Waals surface area contributed by atoms with Gasteiger partial charge < -0.3 is 4.65 Å². The van der Waals surface area contributed by atoms with E-state index in [4.69, 9.17) is 12.7 Å². The molecule has 0 saturated carbocycles. The Labute approximate surface area is 91.1 Å². The second-order valence-corrected chi connectivity index (χ2v) is 4.26. The third kappa shape index (κ3) is 5.04. The summed E-state index contributed by atoms with van der Waals surface area (Å²) >= 11 is 0. The van der Waals surface area contributed by atoms with Crippen LogP contribution < -0.4 is 0 Å². The second kappa shape index (κ2) is 8.34. The molecule has 0 saturated heterocycles. The van der Waals surface area contributed by atoms with Crippen LogP contribution in [0.5, 0.6) is 0 Å². The van der Waals surface area contributed by atoms with Gasteiger partial charge in [-0.25, -0.2) is 0 Å². The van der Waals surface area contributed by atoms with Crippen LogP contribution in [0.15, 0.2) is 0 Å². The Hall–Kier alpha value is 0.0249. The molecular weight excluding hydrogens is 171 g/mol. The number of hydrogen-bond acceptors (Lipinski definition) is 1. The lowest BCUT2D eigenvalue weighted by Crippen LogP contribution is -2.31. The molecule has 0 fully saturated rings. The Morgan fingerprint density at radius 1 is 0.857 bits per heavy atom. The normalized spacial score (nSPS) is 11.9. The van der Waals surface area contributed by atoms with Crippen molar-refractivity contribution in [2.75, 3.05) is 0 Å². The van der Waals surface area contributed by atoms with Crippen molar-refractivity contribution in [1.29, 1.82) is 0 Å². The van der Waals surface area contributed by atoms with Gasteiger partial charge in [0.05, 0.1) is 0 Å². The summed E-state index contributed by atoms with van der Waals surface area (Å²) in [6, 6.07) is 0. The molecule has 0 rings (SSSR count). The van der Waals surface area contributed by atoms with Crippen LogP contribution in [-0.4, -0.2) is 13.7 Å². The lowest BCUT2D eigenvalue weighted by atomic mass is 9.86. The summed E-state index contributed by atoms with van der Waals surface area (Å²) in [5.41, 5.74) is -0.0270. The molecule has 0 spiro atoms. The van der Waals surface area contributed by atoms with E-state index in [2.05, 4.69) is 20.8 Å². The molecule has 82 valence electrons. The molecule has 0 heterocycles. The largest absolute Gasteiger partial charge is 0.442 e. The summed E-state index contributed by atoms with van der Waals surface area (Å²) in [4.78, 5) is 0. The first-order valence-corrected chi connectivity index (χ1v) is 6.12. The van der Waals surface area contributed by atoms with E-state index in [1.54, 1.807) is 0 Å². The van der Waals surface area contributed by atoms with E-state index in [1.807, 2.05) is 0 Å². The van der Waals surface area contributed by atoms with Gasteiger partial charge in [0.1, 0.15) is 0 Å². The van der Waals surface area contributed by atoms with Crippen LogP contribution in [0.3, 0.4) is 0 Å². The lowest BCUT2D eigenvalue weighted by Gasteiger charge is -2.33. The smallest absolute Gasteiger partial charge is 0.283 e. The fourth-order valence-electron chi connectivity index (χ4n) is 2.01. The van der Waals surface area contributed by atoms with Crippen molar-refractivity contribution in [3.8, 4) is 0 Å². The Balaban J connectivity index is 4.11. The molecule has 0 aliphatic rings. The average molecular weight is 196 g/mol. The molecule has 0 amide bonds. The Kier molecular flexibility index (Phi) is 8.36. The van der Waals surface area contributed by atoms with Gasteiger partial charge in [-0.3, -0.25) is 0 Å². The van der Waals surface area contributed by atoms with E-state index in [9.17, 15) is 0 Å². The van der Waals surface area contributed by atoms with Crippen LogP contribution in [-0.2, 0) is 4.65 Å². The van der Waals surface area contributed by atoms with Crippen molar-refractivity contribution < 1.29 is 4.65 Å². The van der Waals surface area contributed by atoms with E-state index in [1.165, 1.54) is 25.7 Å². The maximum Gasteiger partial charge on any atom is 0.283 e. The van der Waals surface area contributed by atoms with Gasteiger partial charge in [-0.1, -0.05) is 52.9 Å². The predicted molar refractivity (Wildman–Crippen MR) is 63.5 cm³/mol. The third-order valence-electron chi connectivity index (χ3n) is 2.93. The highest BCUT2D eigenvalue weighted by Gasteiger charge is 2.26. The van der Waals surface area contributed by atoms with Gasteiger partial charge >= 0.3 is 0 Å². The second-order valence-electron chi connectivity index (χ2n) is 4.26. The standard InChI is InChI=1S/C12H25BO/c1-4-7-10-12(14-13,9-6-3)11-8-5-2/h4-11H2,1-3H3. The number of hydrogen-bond donors (Lipinski definition) is 0. The molecule has 1 nitrogen and oxygen atoms in total. The van der Waals surface area contributed by atoms with E-state index in [0.29, 0.717) is 0 Å². The van der Waals surface area contributed by atoms with Gasteiger partial charge in [0.15, 0.2) is 0 Å². The molecule has 14 heavy (non-hydrogen) atoms. The molecule has 0 aromatic heterocycles. The van der Waals surface area contributed by atoms with Crippen LogP contribution in [0, 0.1) is 0 Å². The van der Waals surface area contributed by atoms with Crippen LogP contribution in [0.25, 0.3) is 0 Å². The molecule has 0 aliphatic heterocycles. The molecule has 0 aromatic carbocycles. The lowest BCUT2D eigenvalue weighted by molar-refractivity contribution is 0.0454. The van der Waals surface area contributed by atoms with Crippen molar-refractivity contribution in [2.24, 2.45) is 0 Å². The average Bonchev–Trinajstić information content (AvgIpc) is 2.22. The highest BCUT2D eigenvalue weighted by atomic mass is 16.4. The highest BCUT2D eigenvalue weighted by Crippen LogP contribution is 2.29. The van der Waals surface area contributed by atoms with Crippen LogP contribution in [0.4, 0.5) is 0 Å². The van der Waals surface area contributed by atoms with Crippen LogP contribution in [0.1, 0.15) is 72.1 Å². The quantitative estimate of drug-likeness (QED) is 0.506. The van der Waals surface area contributed by atoms with Crippen LogP contribution >= 0.6 is 0 Å². The summed E-state index contributed by atoms with van der Waals surface area (Å²) < 4.78 is 5.28. The van der Waals surface area contributed by atoms with Crippen molar-refractivity contribution in [3.63, 3.8) is 0 Å². The van der Waals surface area contributed by atoms with E-state index in [-0.39, 0.29) is 5.60 Å². The molecule has 2 radical (unpaired) electrons. The first kappa shape index (κ1) is 14.0. The molecule has 2 heteroatoms. The SMILES string of the molecule is [B]OC(CCC)(CCCC)CCCC. The van der Waals surface area contributed by atoms with E-state index in [0.717, 1.165) is 25.7 Å². The zero-order valence-corrected chi connectivity index (χ0v) is 10.1. The summed E-state index contributed by atoms with van der Waals surface area (Å²) in [7, 11) is 5.48. The summed E-state index contributed by atoms with van der Waals surface area (Å²) in [5, 5.41) is 0. The monoisotopic (exact) mass is 196 g/mol. The zero-order valence-electron chi connectivity index (χ0n) is 10.1. The van der Waals surface area contributed by atoms with Gasteiger partial charge in [-0.05, 0) is 19.3 Å².